The molecular formula is C15H7ClF4O2. The Bertz CT molecular complexity index is 754. The largest absolute Gasteiger partial charge is 0.416 e. The number of rotatable bonds is 3. The molecule has 0 fully saturated rings. The first kappa shape index (κ1) is 16.2. The zero-order valence-corrected chi connectivity index (χ0v) is 11.5. The Morgan fingerprint density at radius 3 is 2.36 bits per heavy atom. The van der Waals surface area contributed by atoms with Crippen LogP contribution >= 0.6 is 11.6 Å². The molecule has 0 bridgehead atoms. The van der Waals surface area contributed by atoms with Gasteiger partial charge in [-0.25, -0.2) is 4.39 Å². The summed E-state index contributed by atoms with van der Waals surface area (Å²) >= 11 is 5.72. The number of carbonyl (C=O) groups excluding carboxylic acids is 2. The van der Waals surface area contributed by atoms with Gasteiger partial charge in [0.15, 0.2) is 12.1 Å². The lowest BCUT2D eigenvalue weighted by Crippen LogP contribution is -2.10. The van der Waals surface area contributed by atoms with Crippen LogP contribution < -0.4 is 0 Å². The van der Waals surface area contributed by atoms with Gasteiger partial charge in [0.2, 0.25) is 0 Å². The number of aldehydes is 1. The van der Waals surface area contributed by atoms with Crippen molar-refractivity contribution in [3.63, 3.8) is 0 Å². The van der Waals surface area contributed by atoms with E-state index in [0.29, 0.717) is 18.4 Å². The fraction of sp³-hybridized carbons (Fsp3) is 0.0667. The quantitative estimate of drug-likeness (QED) is 0.470. The summed E-state index contributed by atoms with van der Waals surface area (Å²) in [6, 6.07) is 5.25. The van der Waals surface area contributed by atoms with E-state index in [1.807, 2.05) is 0 Å². The van der Waals surface area contributed by atoms with E-state index < -0.39 is 28.9 Å². The minimum Gasteiger partial charge on any atom is -0.298 e. The van der Waals surface area contributed by atoms with Gasteiger partial charge >= 0.3 is 6.18 Å². The average molecular weight is 331 g/mol. The monoisotopic (exact) mass is 330 g/mol. The summed E-state index contributed by atoms with van der Waals surface area (Å²) < 4.78 is 51.4. The highest BCUT2D eigenvalue weighted by Crippen LogP contribution is 2.31. The van der Waals surface area contributed by atoms with Crippen molar-refractivity contribution in [3.05, 3.63) is 69.5 Å². The lowest BCUT2D eigenvalue weighted by molar-refractivity contribution is -0.137. The van der Waals surface area contributed by atoms with E-state index in [0.717, 1.165) is 6.07 Å². The van der Waals surface area contributed by atoms with E-state index in [1.165, 1.54) is 12.1 Å². The van der Waals surface area contributed by atoms with E-state index in [-0.39, 0.29) is 22.2 Å². The van der Waals surface area contributed by atoms with E-state index in [2.05, 4.69) is 0 Å². The lowest BCUT2D eigenvalue weighted by atomic mass is 9.97. The third-order valence-corrected chi connectivity index (χ3v) is 3.11. The third kappa shape index (κ3) is 3.33. The van der Waals surface area contributed by atoms with E-state index in [1.54, 1.807) is 0 Å². The fourth-order valence-electron chi connectivity index (χ4n) is 1.87. The SMILES string of the molecule is O=Cc1ccc(Cl)cc1C(=O)c1cc(F)cc(C(F)(F)F)c1. The van der Waals surface area contributed by atoms with Crippen LogP contribution in [0.25, 0.3) is 0 Å². The van der Waals surface area contributed by atoms with Crippen molar-refractivity contribution in [3.8, 4) is 0 Å². The first-order valence-corrected chi connectivity index (χ1v) is 6.27. The molecule has 2 aromatic rings. The van der Waals surface area contributed by atoms with Gasteiger partial charge in [0, 0.05) is 21.7 Å². The van der Waals surface area contributed by atoms with Gasteiger partial charge in [-0.05, 0) is 36.4 Å². The molecule has 0 heterocycles. The molecule has 0 aliphatic rings. The molecule has 0 N–H and O–H groups in total. The van der Waals surface area contributed by atoms with Gasteiger partial charge in [-0.3, -0.25) is 9.59 Å². The summed E-state index contributed by atoms with van der Waals surface area (Å²) in [7, 11) is 0. The number of halogens is 5. The summed E-state index contributed by atoms with van der Waals surface area (Å²) in [6.45, 7) is 0. The fourth-order valence-corrected chi connectivity index (χ4v) is 2.04. The van der Waals surface area contributed by atoms with Crippen molar-refractivity contribution in [1.29, 1.82) is 0 Å². The maximum Gasteiger partial charge on any atom is 0.416 e. The van der Waals surface area contributed by atoms with E-state index in [4.69, 9.17) is 11.6 Å². The maximum absolute atomic E-state index is 13.3. The van der Waals surface area contributed by atoms with Crippen molar-refractivity contribution in [1.82, 2.24) is 0 Å². The molecule has 0 saturated heterocycles. The van der Waals surface area contributed by atoms with Crippen LogP contribution in [-0.2, 0) is 6.18 Å². The predicted molar refractivity (Wildman–Crippen MR) is 71.7 cm³/mol. The molecule has 0 aromatic heterocycles. The van der Waals surface area contributed by atoms with E-state index in [9.17, 15) is 27.2 Å². The van der Waals surface area contributed by atoms with Crippen LogP contribution in [0.4, 0.5) is 17.6 Å². The topological polar surface area (TPSA) is 34.1 Å². The van der Waals surface area contributed by atoms with Crippen LogP contribution in [0.5, 0.6) is 0 Å². The Morgan fingerprint density at radius 2 is 1.77 bits per heavy atom. The Labute approximate surface area is 127 Å². The molecule has 0 unspecified atom stereocenters. The van der Waals surface area contributed by atoms with Crippen molar-refractivity contribution in [2.45, 2.75) is 6.18 Å². The van der Waals surface area contributed by atoms with Crippen LogP contribution in [0.2, 0.25) is 5.02 Å². The summed E-state index contributed by atoms with van der Waals surface area (Å²) in [6.07, 6.45) is -4.42. The molecule has 2 nitrogen and oxygen atoms in total. The summed E-state index contributed by atoms with van der Waals surface area (Å²) in [5.41, 5.74) is -2.04. The Balaban J connectivity index is 2.57. The maximum atomic E-state index is 13.3. The summed E-state index contributed by atoms with van der Waals surface area (Å²) in [5.74, 6) is -2.12. The minimum atomic E-state index is -4.79. The van der Waals surface area contributed by atoms with Crippen molar-refractivity contribution < 1.29 is 27.2 Å². The number of alkyl halides is 3. The number of carbonyl (C=O) groups is 2. The summed E-state index contributed by atoms with van der Waals surface area (Å²) in [4.78, 5) is 23.2. The predicted octanol–water partition coefficient (Wildman–Crippen LogP) is 4.54. The number of benzene rings is 2. The normalized spacial score (nSPS) is 11.3. The standard InChI is InChI=1S/C15H7ClF4O2/c16-11-2-1-8(7-21)13(6-11)14(22)9-3-10(15(18,19)20)5-12(17)4-9/h1-7H. The smallest absolute Gasteiger partial charge is 0.298 e. The van der Waals surface area contributed by atoms with Gasteiger partial charge in [-0.15, -0.1) is 0 Å². The van der Waals surface area contributed by atoms with Crippen LogP contribution in [0.1, 0.15) is 31.8 Å². The van der Waals surface area contributed by atoms with Gasteiger partial charge in [0.25, 0.3) is 0 Å². The second-order valence-corrected chi connectivity index (χ2v) is 4.84. The average Bonchev–Trinajstić information content (AvgIpc) is 2.45. The van der Waals surface area contributed by atoms with Crippen LogP contribution in [0.15, 0.2) is 36.4 Å². The van der Waals surface area contributed by atoms with Gasteiger partial charge < -0.3 is 0 Å². The van der Waals surface area contributed by atoms with Gasteiger partial charge in [-0.1, -0.05) is 11.6 Å². The molecule has 2 rings (SSSR count). The Morgan fingerprint density at radius 1 is 1.09 bits per heavy atom. The number of hydrogen-bond acceptors (Lipinski definition) is 2. The van der Waals surface area contributed by atoms with Crippen molar-refractivity contribution in [2.24, 2.45) is 0 Å². The third-order valence-electron chi connectivity index (χ3n) is 2.87. The second-order valence-electron chi connectivity index (χ2n) is 4.40. The molecule has 0 spiro atoms. The zero-order chi connectivity index (χ0) is 16.5. The lowest BCUT2D eigenvalue weighted by Gasteiger charge is -2.10. The molecule has 7 heteroatoms. The second kappa shape index (κ2) is 5.88. The molecule has 114 valence electrons. The molecule has 0 atom stereocenters. The molecular weight excluding hydrogens is 324 g/mol. The minimum absolute atomic E-state index is 0.0489. The van der Waals surface area contributed by atoms with Crippen molar-refractivity contribution >= 4 is 23.7 Å². The van der Waals surface area contributed by atoms with Crippen LogP contribution in [-0.4, -0.2) is 12.1 Å². The number of ketones is 1. The number of hydrogen-bond donors (Lipinski definition) is 0. The first-order chi connectivity index (χ1) is 10.2. The van der Waals surface area contributed by atoms with Crippen LogP contribution in [0, 0.1) is 5.82 Å². The molecule has 0 amide bonds. The van der Waals surface area contributed by atoms with Gasteiger partial charge in [0.1, 0.15) is 5.82 Å². The van der Waals surface area contributed by atoms with Gasteiger partial charge in [-0.2, -0.15) is 13.2 Å². The molecule has 0 aliphatic carbocycles. The Hall–Kier alpha value is -2.21. The summed E-state index contributed by atoms with van der Waals surface area (Å²) in [5, 5.41) is 0.126. The highest BCUT2D eigenvalue weighted by atomic mass is 35.5. The molecule has 2 aromatic carbocycles. The molecule has 0 saturated carbocycles. The molecule has 22 heavy (non-hydrogen) atoms. The van der Waals surface area contributed by atoms with Gasteiger partial charge in [0.05, 0.1) is 5.56 Å². The highest BCUT2D eigenvalue weighted by Gasteiger charge is 2.32. The van der Waals surface area contributed by atoms with Crippen molar-refractivity contribution in [2.75, 3.05) is 0 Å². The zero-order valence-electron chi connectivity index (χ0n) is 10.7. The van der Waals surface area contributed by atoms with Crippen LogP contribution in [0.3, 0.4) is 0 Å². The highest BCUT2D eigenvalue weighted by molar-refractivity contribution is 6.31. The molecule has 0 aliphatic heterocycles. The first-order valence-electron chi connectivity index (χ1n) is 5.89. The van der Waals surface area contributed by atoms with E-state index >= 15 is 0 Å². The Kier molecular flexibility index (Phi) is 4.32. The molecule has 0 radical (unpaired) electrons.